The van der Waals surface area contributed by atoms with Gasteiger partial charge in [-0.25, -0.2) is 4.79 Å². The summed E-state index contributed by atoms with van der Waals surface area (Å²) in [6.45, 7) is 4.81. The molecule has 0 fully saturated rings. The predicted octanol–water partition coefficient (Wildman–Crippen LogP) is -2.08. The average Bonchev–Trinajstić information content (AvgIpc) is 2.33. The van der Waals surface area contributed by atoms with E-state index in [1.165, 1.54) is 6.92 Å². The molecule has 120 valence electrons. The van der Waals surface area contributed by atoms with Crippen LogP contribution in [0.2, 0.25) is 0 Å². The minimum atomic E-state index is -1.44. The Balaban J connectivity index is 4.92. The third-order valence-electron chi connectivity index (χ3n) is 2.68. The Bertz CT molecular complexity index is 422. The lowest BCUT2D eigenvalue weighted by atomic mass is 10.0. The number of rotatable bonds is 8. The number of carboxylic acids is 1. The molecule has 9 heteroatoms. The zero-order valence-corrected chi connectivity index (χ0v) is 12.3. The number of amides is 3. The lowest BCUT2D eigenvalue weighted by molar-refractivity contribution is -0.144. The third-order valence-corrected chi connectivity index (χ3v) is 2.68. The first-order chi connectivity index (χ1) is 9.56. The molecule has 0 bridgehead atoms. The van der Waals surface area contributed by atoms with Gasteiger partial charge in [0.15, 0.2) is 0 Å². The van der Waals surface area contributed by atoms with Crippen LogP contribution in [-0.4, -0.2) is 46.9 Å². The molecule has 3 amide bonds. The third kappa shape index (κ3) is 6.70. The molecular weight excluding hydrogens is 280 g/mol. The molecule has 0 saturated carbocycles. The number of carbonyl (C=O) groups excluding carboxylic acids is 3. The molecule has 0 aliphatic rings. The van der Waals surface area contributed by atoms with Gasteiger partial charge >= 0.3 is 5.97 Å². The van der Waals surface area contributed by atoms with Crippen molar-refractivity contribution in [1.82, 2.24) is 10.6 Å². The van der Waals surface area contributed by atoms with Crippen molar-refractivity contribution in [3.05, 3.63) is 0 Å². The van der Waals surface area contributed by atoms with Crippen LogP contribution < -0.4 is 22.1 Å². The van der Waals surface area contributed by atoms with Crippen molar-refractivity contribution in [2.24, 2.45) is 17.4 Å². The molecule has 0 aromatic rings. The fourth-order valence-corrected chi connectivity index (χ4v) is 1.48. The number of hydrogen-bond acceptors (Lipinski definition) is 5. The van der Waals surface area contributed by atoms with Crippen molar-refractivity contribution in [3.8, 4) is 0 Å². The molecule has 0 heterocycles. The molecule has 0 saturated heterocycles. The van der Waals surface area contributed by atoms with E-state index in [0.29, 0.717) is 0 Å². The summed E-state index contributed by atoms with van der Waals surface area (Å²) in [5, 5.41) is 13.5. The minimum absolute atomic E-state index is 0.296. The second-order valence-corrected chi connectivity index (χ2v) is 5.09. The Kier molecular flexibility index (Phi) is 7.36. The highest BCUT2D eigenvalue weighted by Crippen LogP contribution is 2.04. The van der Waals surface area contributed by atoms with Crippen LogP contribution in [0.15, 0.2) is 0 Å². The Hall–Kier alpha value is -2.16. The van der Waals surface area contributed by atoms with Gasteiger partial charge in [0.1, 0.15) is 12.1 Å². The first kappa shape index (κ1) is 18.8. The summed E-state index contributed by atoms with van der Waals surface area (Å²) in [6, 6.07) is -3.21. The molecule has 0 aliphatic carbocycles. The Morgan fingerprint density at radius 3 is 1.90 bits per heavy atom. The van der Waals surface area contributed by atoms with Gasteiger partial charge in [-0.3, -0.25) is 14.4 Å². The van der Waals surface area contributed by atoms with E-state index in [2.05, 4.69) is 10.6 Å². The first-order valence-electron chi connectivity index (χ1n) is 6.43. The standard InChI is InChI=1S/C12H22N4O5/c1-5(2)9(16-10(18)6(3)13)11(19)15-7(12(20)21)4-8(14)17/h5-7,9H,4,13H2,1-3H3,(H2,14,17)(H,15,19)(H,16,18)(H,20,21)/t6-,7-,9-/m0/s1. The summed E-state index contributed by atoms with van der Waals surface area (Å²) < 4.78 is 0. The van der Waals surface area contributed by atoms with Gasteiger partial charge in [0.25, 0.3) is 0 Å². The van der Waals surface area contributed by atoms with Crippen molar-refractivity contribution in [3.63, 3.8) is 0 Å². The second-order valence-electron chi connectivity index (χ2n) is 5.09. The van der Waals surface area contributed by atoms with Crippen LogP contribution in [0.4, 0.5) is 0 Å². The number of hydrogen-bond donors (Lipinski definition) is 5. The number of aliphatic carboxylic acids is 1. The molecular formula is C12H22N4O5. The Morgan fingerprint density at radius 2 is 1.57 bits per heavy atom. The van der Waals surface area contributed by atoms with Crippen LogP contribution in [0.5, 0.6) is 0 Å². The van der Waals surface area contributed by atoms with Gasteiger partial charge in [0, 0.05) is 0 Å². The number of nitrogens with one attached hydrogen (secondary N) is 2. The van der Waals surface area contributed by atoms with E-state index in [9.17, 15) is 19.2 Å². The van der Waals surface area contributed by atoms with Gasteiger partial charge in [0.05, 0.1) is 12.5 Å². The van der Waals surface area contributed by atoms with Crippen LogP contribution in [0, 0.1) is 5.92 Å². The van der Waals surface area contributed by atoms with Crippen LogP contribution >= 0.6 is 0 Å². The van der Waals surface area contributed by atoms with Crippen LogP contribution in [0.3, 0.4) is 0 Å². The van der Waals surface area contributed by atoms with E-state index in [1.54, 1.807) is 13.8 Å². The van der Waals surface area contributed by atoms with Crippen molar-refractivity contribution < 1.29 is 24.3 Å². The van der Waals surface area contributed by atoms with Gasteiger partial charge in [-0.05, 0) is 12.8 Å². The van der Waals surface area contributed by atoms with E-state index in [4.69, 9.17) is 16.6 Å². The lowest BCUT2D eigenvalue weighted by Crippen LogP contribution is -2.56. The van der Waals surface area contributed by atoms with E-state index in [-0.39, 0.29) is 5.92 Å². The predicted molar refractivity (Wildman–Crippen MR) is 73.8 cm³/mol. The van der Waals surface area contributed by atoms with Crippen molar-refractivity contribution >= 4 is 23.7 Å². The SMILES string of the molecule is CC(C)[C@H](NC(=O)[C@H](C)N)C(=O)N[C@@H](CC(N)=O)C(=O)O. The number of primary amides is 1. The van der Waals surface area contributed by atoms with Gasteiger partial charge in [-0.15, -0.1) is 0 Å². The molecule has 0 spiro atoms. The van der Waals surface area contributed by atoms with Crippen molar-refractivity contribution in [2.45, 2.75) is 45.3 Å². The fraction of sp³-hybridized carbons (Fsp3) is 0.667. The molecule has 0 rings (SSSR count). The number of nitrogens with two attached hydrogens (primary N) is 2. The summed E-state index contributed by atoms with van der Waals surface area (Å²) in [7, 11) is 0. The molecule has 0 aliphatic heterocycles. The Labute approximate surface area is 122 Å². The van der Waals surface area contributed by atoms with E-state index < -0.39 is 48.2 Å². The second kappa shape index (κ2) is 8.20. The van der Waals surface area contributed by atoms with Crippen molar-refractivity contribution in [1.29, 1.82) is 0 Å². The fourth-order valence-electron chi connectivity index (χ4n) is 1.48. The van der Waals surface area contributed by atoms with Crippen LogP contribution in [-0.2, 0) is 19.2 Å². The molecule has 3 atom stereocenters. The molecule has 0 aromatic heterocycles. The highest BCUT2D eigenvalue weighted by atomic mass is 16.4. The molecule has 0 aromatic carbocycles. The maximum absolute atomic E-state index is 12.1. The topological polar surface area (TPSA) is 165 Å². The Morgan fingerprint density at radius 1 is 1.05 bits per heavy atom. The minimum Gasteiger partial charge on any atom is -0.480 e. The summed E-state index contributed by atoms with van der Waals surface area (Å²) in [6.07, 6.45) is -0.535. The summed E-state index contributed by atoms with van der Waals surface area (Å²) in [4.78, 5) is 45.4. The summed E-state index contributed by atoms with van der Waals surface area (Å²) in [5.74, 6) is -3.79. The van der Waals surface area contributed by atoms with Gasteiger partial charge in [-0.1, -0.05) is 13.8 Å². The van der Waals surface area contributed by atoms with Crippen LogP contribution in [0.1, 0.15) is 27.2 Å². The van der Waals surface area contributed by atoms with Gasteiger partial charge in [-0.2, -0.15) is 0 Å². The molecule has 21 heavy (non-hydrogen) atoms. The highest BCUT2D eigenvalue weighted by Gasteiger charge is 2.29. The summed E-state index contributed by atoms with van der Waals surface area (Å²) in [5.41, 5.74) is 10.3. The van der Waals surface area contributed by atoms with Crippen molar-refractivity contribution in [2.75, 3.05) is 0 Å². The lowest BCUT2D eigenvalue weighted by Gasteiger charge is -2.24. The highest BCUT2D eigenvalue weighted by molar-refractivity contribution is 5.93. The largest absolute Gasteiger partial charge is 0.480 e. The quantitative estimate of drug-likeness (QED) is 0.345. The molecule has 9 nitrogen and oxygen atoms in total. The summed E-state index contributed by atoms with van der Waals surface area (Å²) >= 11 is 0. The monoisotopic (exact) mass is 302 g/mol. The maximum Gasteiger partial charge on any atom is 0.326 e. The van der Waals surface area contributed by atoms with Gasteiger partial charge in [0.2, 0.25) is 17.7 Å². The van der Waals surface area contributed by atoms with Crippen LogP contribution in [0.25, 0.3) is 0 Å². The van der Waals surface area contributed by atoms with E-state index in [0.717, 1.165) is 0 Å². The zero-order chi connectivity index (χ0) is 16.7. The zero-order valence-electron chi connectivity index (χ0n) is 12.3. The average molecular weight is 302 g/mol. The number of carbonyl (C=O) groups is 4. The molecule has 7 N–H and O–H groups in total. The first-order valence-corrected chi connectivity index (χ1v) is 6.43. The molecule has 0 unspecified atom stereocenters. The normalized spacial score (nSPS) is 14.9. The maximum atomic E-state index is 12.1. The molecule has 0 radical (unpaired) electrons. The smallest absolute Gasteiger partial charge is 0.326 e. The van der Waals surface area contributed by atoms with E-state index >= 15 is 0 Å². The van der Waals surface area contributed by atoms with E-state index in [1.807, 2.05) is 0 Å². The number of carboxylic acid groups (broad SMARTS) is 1. The van der Waals surface area contributed by atoms with Gasteiger partial charge < -0.3 is 27.2 Å².